The summed E-state index contributed by atoms with van der Waals surface area (Å²) < 4.78 is 37.5. The second-order valence-corrected chi connectivity index (χ2v) is 3.74. The lowest BCUT2D eigenvalue weighted by atomic mass is 10.1. The van der Waals surface area contributed by atoms with Gasteiger partial charge in [0, 0.05) is 18.6 Å². The maximum absolute atomic E-state index is 12.5. The van der Waals surface area contributed by atoms with Crippen LogP contribution in [0.4, 0.5) is 13.2 Å². The first-order chi connectivity index (χ1) is 6.86. The molecule has 0 aromatic rings. The summed E-state index contributed by atoms with van der Waals surface area (Å²) in [5.41, 5.74) is -3.15. The van der Waals surface area contributed by atoms with Crippen LogP contribution in [0.15, 0.2) is 5.10 Å². The Balaban J connectivity index is 2.23. The van der Waals surface area contributed by atoms with E-state index in [0.717, 1.165) is 6.21 Å². The highest BCUT2D eigenvalue weighted by Gasteiger charge is 2.62. The molecule has 2 rings (SSSR count). The average Bonchev–Trinajstić information content (AvgIpc) is 2.87. The zero-order chi connectivity index (χ0) is 11.3. The van der Waals surface area contributed by atoms with Gasteiger partial charge in [0.1, 0.15) is 0 Å². The number of carbonyl (C=O) groups excluding carboxylic acids is 1. The van der Waals surface area contributed by atoms with Crippen LogP contribution in [0.3, 0.4) is 0 Å². The second kappa shape index (κ2) is 2.94. The first kappa shape index (κ1) is 10.4. The molecular weight excluding hydrogens is 213 g/mol. The van der Waals surface area contributed by atoms with Gasteiger partial charge in [0.2, 0.25) is 5.91 Å². The van der Waals surface area contributed by atoms with E-state index >= 15 is 0 Å². The normalized spacial score (nSPS) is 31.1. The van der Waals surface area contributed by atoms with Crippen molar-refractivity contribution >= 4 is 12.1 Å². The van der Waals surface area contributed by atoms with Gasteiger partial charge in [-0.2, -0.15) is 23.3 Å². The third kappa shape index (κ3) is 1.50. The Morgan fingerprint density at radius 3 is 2.60 bits per heavy atom. The van der Waals surface area contributed by atoms with Crippen molar-refractivity contribution < 1.29 is 23.1 Å². The standard InChI is InChI=1S/C8H9F3N2O2/c9-8(10,11)7(15)3-4-12-13(7)6(14)5-1-2-5/h4-5,15H,1-3H2/t7-/m1/s1. The van der Waals surface area contributed by atoms with Gasteiger partial charge >= 0.3 is 6.18 Å². The highest BCUT2D eigenvalue weighted by molar-refractivity contribution is 5.84. The number of halogens is 3. The first-order valence-electron chi connectivity index (χ1n) is 4.52. The summed E-state index contributed by atoms with van der Waals surface area (Å²) in [6, 6.07) is 0. The van der Waals surface area contributed by atoms with Gasteiger partial charge in [-0.3, -0.25) is 4.79 Å². The minimum atomic E-state index is -4.88. The molecule has 1 amide bonds. The molecule has 0 bridgehead atoms. The van der Waals surface area contributed by atoms with Gasteiger partial charge in [-0.1, -0.05) is 0 Å². The van der Waals surface area contributed by atoms with Crippen molar-refractivity contribution in [2.24, 2.45) is 11.0 Å². The number of amides is 1. The van der Waals surface area contributed by atoms with Crippen LogP contribution in [0.5, 0.6) is 0 Å². The molecule has 84 valence electrons. The first-order valence-corrected chi connectivity index (χ1v) is 4.52. The van der Waals surface area contributed by atoms with Crippen LogP contribution in [0, 0.1) is 5.92 Å². The van der Waals surface area contributed by atoms with Crippen molar-refractivity contribution in [3.8, 4) is 0 Å². The number of hydrogen-bond acceptors (Lipinski definition) is 3. The van der Waals surface area contributed by atoms with Crippen molar-refractivity contribution in [1.82, 2.24) is 5.01 Å². The fourth-order valence-corrected chi connectivity index (χ4v) is 1.41. The third-order valence-electron chi connectivity index (χ3n) is 2.51. The molecule has 0 radical (unpaired) electrons. The van der Waals surface area contributed by atoms with Crippen molar-refractivity contribution in [2.45, 2.75) is 31.2 Å². The van der Waals surface area contributed by atoms with Gasteiger partial charge in [-0.25, -0.2) is 0 Å². The Morgan fingerprint density at radius 1 is 1.53 bits per heavy atom. The summed E-state index contributed by atoms with van der Waals surface area (Å²) >= 11 is 0. The lowest BCUT2D eigenvalue weighted by molar-refractivity contribution is -0.302. The van der Waals surface area contributed by atoms with E-state index in [1.165, 1.54) is 0 Å². The fourth-order valence-electron chi connectivity index (χ4n) is 1.41. The zero-order valence-electron chi connectivity index (χ0n) is 7.66. The van der Waals surface area contributed by atoms with E-state index in [4.69, 9.17) is 0 Å². The van der Waals surface area contributed by atoms with Crippen molar-refractivity contribution in [3.05, 3.63) is 0 Å². The Labute approximate surface area is 83.4 Å². The monoisotopic (exact) mass is 222 g/mol. The van der Waals surface area contributed by atoms with Crippen LogP contribution in [-0.2, 0) is 4.79 Å². The van der Waals surface area contributed by atoms with Gasteiger partial charge in [-0.05, 0) is 12.8 Å². The largest absolute Gasteiger partial charge is 0.438 e. The van der Waals surface area contributed by atoms with Crippen molar-refractivity contribution in [1.29, 1.82) is 0 Å². The quantitative estimate of drug-likeness (QED) is 0.715. The lowest BCUT2D eigenvalue weighted by Crippen LogP contribution is -2.56. The molecule has 1 saturated carbocycles. The van der Waals surface area contributed by atoms with E-state index in [1.807, 2.05) is 0 Å². The molecule has 0 aromatic carbocycles. The minimum Gasteiger partial charge on any atom is -0.362 e. The highest BCUT2D eigenvalue weighted by atomic mass is 19.4. The zero-order valence-corrected chi connectivity index (χ0v) is 7.66. The third-order valence-corrected chi connectivity index (χ3v) is 2.51. The Bertz CT molecular complexity index is 324. The molecule has 0 aromatic heterocycles. The fraction of sp³-hybridized carbons (Fsp3) is 0.750. The molecule has 0 saturated heterocycles. The van der Waals surface area contributed by atoms with E-state index in [-0.39, 0.29) is 5.01 Å². The Morgan fingerprint density at radius 2 is 2.13 bits per heavy atom. The molecule has 7 heteroatoms. The van der Waals surface area contributed by atoms with E-state index in [2.05, 4.69) is 5.10 Å². The van der Waals surface area contributed by atoms with Crippen LogP contribution < -0.4 is 0 Å². The number of hydrogen-bond donors (Lipinski definition) is 1. The van der Waals surface area contributed by atoms with Crippen LogP contribution in [0.2, 0.25) is 0 Å². The van der Waals surface area contributed by atoms with Crippen molar-refractivity contribution in [3.63, 3.8) is 0 Å². The summed E-state index contributed by atoms with van der Waals surface area (Å²) in [7, 11) is 0. The molecule has 4 nitrogen and oxygen atoms in total. The molecule has 1 aliphatic carbocycles. The second-order valence-electron chi connectivity index (χ2n) is 3.74. The molecule has 15 heavy (non-hydrogen) atoms. The number of nitrogens with zero attached hydrogens (tertiary/aromatic N) is 2. The van der Waals surface area contributed by atoms with Gasteiger partial charge in [-0.15, -0.1) is 0 Å². The minimum absolute atomic E-state index is 0.171. The molecule has 1 heterocycles. The number of rotatable bonds is 1. The highest BCUT2D eigenvalue weighted by Crippen LogP contribution is 2.42. The molecular formula is C8H9F3N2O2. The van der Waals surface area contributed by atoms with Crippen LogP contribution in [0.1, 0.15) is 19.3 Å². The van der Waals surface area contributed by atoms with Crippen molar-refractivity contribution in [2.75, 3.05) is 0 Å². The maximum Gasteiger partial charge on any atom is 0.438 e. The smallest absolute Gasteiger partial charge is 0.362 e. The molecule has 2 aliphatic rings. The van der Waals surface area contributed by atoms with E-state index < -0.39 is 30.1 Å². The van der Waals surface area contributed by atoms with Crippen LogP contribution in [-0.4, -0.2) is 34.1 Å². The van der Waals surface area contributed by atoms with Gasteiger partial charge in [0.25, 0.3) is 5.72 Å². The molecule has 1 N–H and O–H groups in total. The summed E-state index contributed by atoms with van der Waals surface area (Å²) in [5.74, 6) is -1.15. The van der Waals surface area contributed by atoms with Gasteiger partial charge in [0.05, 0.1) is 0 Å². The van der Waals surface area contributed by atoms with Crippen LogP contribution in [0.25, 0.3) is 0 Å². The lowest BCUT2D eigenvalue weighted by Gasteiger charge is -2.32. The Kier molecular flexibility index (Phi) is 2.04. The van der Waals surface area contributed by atoms with E-state index in [0.29, 0.717) is 12.8 Å². The van der Waals surface area contributed by atoms with Gasteiger partial charge < -0.3 is 5.11 Å². The summed E-state index contributed by atoms with van der Waals surface area (Å²) in [6.07, 6.45) is -3.53. The van der Waals surface area contributed by atoms with Crippen LogP contribution >= 0.6 is 0 Å². The molecule has 1 aliphatic heterocycles. The maximum atomic E-state index is 12.5. The number of carbonyl (C=O) groups is 1. The average molecular weight is 222 g/mol. The van der Waals surface area contributed by atoms with E-state index in [1.54, 1.807) is 0 Å². The van der Waals surface area contributed by atoms with Gasteiger partial charge in [0.15, 0.2) is 0 Å². The summed E-state index contributed by atoms with van der Waals surface area (Å²) in [6.45, 7) is 0. The Hall–Kier alpha value is -1.11. The molecule has 0 unspecified atom stereocenters. The van der Waals surface area contributed by atoms with E-state index in [9.17, 15) is 23.1 Å². The summed E-state index contributed by atoms with van der Waals surface area (Å²) in [5, 5.41) is 12.9. The predicted octanol–water partition coefficient (Wildman–Crippen LogP) is 0.865. The molecule has 0 spiro atoms. The number of alkyl halides is 3. The number of aliphatic hydroxyl groups is 1. The summed E-state index contributed by atoms with van der Waals surface area (Å²) in [4.78, 5) is 11.4. The number of hydrazone groups is 1. The SMILES string of the molecule is O=C(C1CC1)N1N=CC[C@@]1(O)C(F)(F)F. The molecule has 1 fully saturated rings. The molecule has 1 atom stereocenters. The topological polar surface area (TPSA) is 52.9 Å². The predicted molar refractivity (Wildman–Crippen MR) is 43.7 cm³/mol.